The van der Waals surface area contributed by atoms with Crippen LogP contribution in [0.4, 0.5) is 0 Å². The van der Waals surface area contributed by atoms with Crippen molar-refractivity contribution in [2.45, 2.75) is 186 Å². The number of hydrogen-bond acceptors (Lipinski definition) is 2. The molecule has 0 aromatic carbocycles. The Morgan fingerprint density at radius 3 is 1.25 bits per heavy atom. The Hall–Kier alpha value is -3.17. The highest BCUT2D eigenvalue weighted by Gasteiger charge is 1.95. The molecule has 0 saturated heterocycles. The van der Waals surface area contributed by atoms with E-state index in [9.17, 15) is 9.90 Å². The Bertz CT molecular complexity index is 1070. The second kappa shape index (κ2) is 40.0. The number of Topliss-reactive ketones (excluding diaryl/α,β-unsaturated/α-hetero) is 1. The van der Waals surface area contributed by atoms with Crippen molar-refractivity contribution in [1.29, 1.82) is 0 Å². The number of allylic oxidation sites excluding steroid dienone is 7. The molecule has 1 N–H and O–H groups in total. The zero-order valence-corrected chi connectivity index (χ0v) is 30.5. The molecule has 0 amide bonds. The van der Waals surface area contributed by atoms with Crippen molar-refractivity contribution < 1.29 is 9.90 Å². The molecule has 0 rings (SSSR count). The largest absolute Gasteiger partial charge is 0.377 e. The maximum Gasteiger partial charge on any atom is 0.279 e. The van der Waals surface area contributed by atoms with E-state index in [1.165, 1.54) is 109 Å². The number of aliphatic hydroxyl groups is 1. The summed E-state index contributed by atoms with van der Waals surface area (Å²) in [6, 6.07) is 0. The predicted molar refractivity (Wildman–Crippen MR) is 210 cm³/mol. The summed E-state index contributed by atoms with van der Waals surface area (Å²) in [6.45, 7) is 0. The van der Waals surface area contributed by atoms with Gasteiger partial charge in [-0.1, -0.05) is 137 Å². The molecule has 0 aliphatic rings. The maximum absolute atomic E-state index is 11.8. The van der Waals surface area contributed by atoms with Gasteiger partial charge in [0, 0.05) is 12.8 Å². The predicted octanol–water partition coefficient (Wildman–Crippen LogP) is 12.3. The first-order chi connectivity index (χ1) is 23.7. The molecular formula is C46H68O2. The van der Waals surface area contributed by atoms with Crippen molar-refractivity contribution in [1.82, 2.24) is 0 Å². The van der Waals surface area contributed by atoms with Gasteiger partial charge in [0.2, 0.25) is 0 Å². The van der Waals surface area contributed by atoms with E-state index in [-0.39, 0.29) is 5.78 Å². The van der Waals surface area contributed by atoms with E-state index in [1.54, 1.807) is 6.08 Å². The van der Waals surface area contributed by atoms with E-state index in [0.29, 0.717) is 0 Å². The van der Waals surface area contributed by atoms with Crippen LogP contribution in [0, 0.1) is 48.4 Å². The van der Waals surface area contributed by atoms with Crippen LogP contribution in [0.5, 0.6) is 0 Å². The van der Waals surface area contributed by atoms with Gasteiger partial charge in [0.15, 0.2) is 0 Å². The van der Waals surface area contributed by atoms with E-state index < -0.39 is 6.10 Å². The highest BCUT2D eigenvalue weighted by molar-refractivity contribution is 6.08. The second-order valence-corrected chi connectivity index (χ2v) is 12.8. The zero-order chi connectivity index (χ0) is 34.9. The summed E-state index contributed by atoms with van der Waals surface area (Å²) in [5, 5.41) is 9.24. The van der Waals surface area contributed by atoms with E-state index in [1.807, 2.05) is 12.2 Å². The highest BCUT2D eigenvalue weighted by atomic mass is 16.3. The number of aliphatic hydroxyl groups excluding tert-OH is 1. The molecule has 1 atom stereocenters. The number of ketones is 1. The lowest BCUT2D eigenvalue weighted by molar-refractivity contribution is -0.108. The maximum atomic E-state index is 11.8. The molecule has 0 bridgehead atoms. The fraction of sp³-hybridized carbons (Fsp3) is 0.630. The molecule has 0 aliphatic heterocycles. The summed E-state index contributed by atoms with van der Waals surface area (Å²) in [4.78, 5) is 11.8. The molecule has 1 unspecified atom stereocenters. The zero-order valence-electron chi connectivity index (χ0n) is 30.5. The topological polar surface area (TPSA) is 37.3 Å². The van der Waals surface area contributed by atoms with Gasteiger partial charge in [-0.3, -0.25) is 4.79 Å². The highest BCUT2D eigenvalue weighted by Crippen LogP contribution is 2.13. The third-order valence-corrected chi connectivity index (χ3v) is 8.27. The molecule has 0 aliphatic carbocycles. The quantitative estimate of drug-likeness (QED) is 0.0350. The lowest BCUT2D eigenvalue weighted by Crippen LogP contribution is -1.95. The van der Waals surface area contributed by atoms with Gasteiger partial charge in [-0.15, -0.1) is 12.8 Å². The van der Waals surface area contributed by atoms with Crippen LogP contribution < -0.4 is 0 Å². The number of carbonyl (C=O) groups is 1. The van der Waals surface area contributed by atoms with Crippen molar-refractivity contribution in [3.05, 3.63) is 48.6 Å². The van der Waals surface area contributed by atoms with Crippen LogP contribution in [0.25, 0.3) is 0 Å². The van der Waals surface area contributed by atoms with Crippen LogP contribution in [0.15, 0.2) is 48.6 Å². The van der Waals surface area contributed by atoms with E-state index >= 15 is 0 Å². The third-order valence-electron chi connectivity index (χ3n) is 8.27. The molecule has 0 heterocycles. The summed E-state index contributed by atoms with van der Waals surface area (Å²) in [6.07, 6.45) is 60.2. The number of unbranched alkanes of at least 4 members (excludes halogenated alkanes) is 24. The minimum Gasteiger partial charge on any atom is -0.377 e. The van der Waals surface area contributed by atoms with Gasteiger partial charge in [0.1, 0.15) is 6.10 Å². The van der Waals surface area contributed by atoms with E-state index in [2.05, 4.69) is 65.9 Å². The number of carbonyl (C=O) groups excluding carboxylic acids is 1. The fourth-order valence-electron chi connectivity index (χ4n) is 5.34. The molecule has 264 valence electrons. The summed E-state index contributed by atoms with van der Waals surface area (Å²) < 4.78 is 0. The lowest BCUT2D eigenvalue weighted by atomic mass is 10.0. The van der Waals surface area contributed by atoms with Crippen molar-refractivity contribution in [3.63, 3.8) is 0 Å². The van der Waals surface area contributed by atoms with Gasteiger partial charge in [0.25, 0.3) is 5.78 Å². The van der Waals surface area contributed by atoms with E-state index in [4.69, 9.17) is 12.8 Å². The van der Waals surface area contributed by atoms with Crippen LogP contribution in [-0.2, 0) is 4.79 Å². The van der Waals surface area contributed by atoms with Gasteiger partial charge < -0.3 is 5.11 Å². The first-order valence-corrected chi connectivity index (χ1v) is 19.4. The molecule has 0 saturated carbocycles. The van der Waals surface area contributed by atoms with Gasteiger partial charge in [0.05, 0.1) is 0 Å². The Kier molecular flexibility index (Phi) is 37.4. The molecule has 0 aromatic rings. The molecule has 48 heavy (non-hydrogen) atoms. The van der Waals surface area contributed by atoms with Crippen molar-refractivity contribution in [2.75, 3.05) is 0 Å². The Morgan fingerprint density at radius 1 is 0.479 bits per heavy atom. The fourth-order valence-corrected chi connectivity index (χ4v) is 5.34. The average Bonchev–Trinajstić information content (AvgIpc) is 3.09. The van der Waals surface area contributed by atoms with Gasteiger partial charge in [-0.05, 0) is 114 Å². The molecular weight excluding hydrogens is 585 g/mol. The third kappa shape index (κ3) is 39.0. The van der Waals surface area contributed by atoms with Crippen molar-refractivity contribution in [2.24, 2.45) is 0 Å². The molecule has 0 fully saturated rings. The Labute approximate surface area is 297 Å². The smallest absolute Gasteiger partial charge is 0.279 e. The summed E-state index contributed by atoms with van der Waals surface area (Å²) in [7, 11) is 0. The van der Waals surface area contributed by atoms with Crippen LogP contribution in [-0.4, -0.2) is 17.0 Å². The Balaban J connectivity index is 3.41. The number of rotatable bonds is 31. The van der Waals surface area contributed by atoms with Gasteiger partial charge in [-0.2, -0.15) is 0 Å². The molecule has 2 nitrogen and oxygen atoms in total. The minimum absolute atomic E-state index is 0.266. The normalized spacial score (nSPS) is 11.8. The molecule has 2 heteroatoms. The summed E-state index contributed by atoms with van der Waals surface area (Å²) >= 11 is 0. The van der Waals surface area contributed by atoms with E-state index in [0.717, 1.165) is 70.6 Å². The van der Waals surface area contributed by atoms with Crippen LogP contribution in [0.1, 0.15) is 180 Å². The van der Waals surface area contributed by atoms with Gasteiger partial charge >= 0.3 is 0 Å². The van der Waals surface area contributed by atoms with Crippen molar-refractivity contribution in [3.8, 4) is 48.4 Å². The molecule has 0 spiro atoms. The van der Waals surface area contributed by atoms with Crippen LogP contribution >= 0.6 is 0 Å². The first-order valence-electron chi connectivity index (χ1n) is 19.4. The van der Waals surface area contributed by atoms with Crippen LogP contribution in [0.3, 0.4) is 0 Å². The SMILES string of the molecule is C#C/C=C\CCCCCCCCCCCCCC/C=C\CCCC/C=C\CCCCC#CC(=O)C#CCCCCCC/C=C/C(O)C#C. The lowest BCUT2D eigenvalue weighted by Gasteiger charge is -2.02. The standard InChI is InChI=1S/C46H68O2/c1-3-5-6-7-8-9-10-11-12-13-14-15-16-17-18-19-20-21-22-23-24-25-26-27-28-29-30-34-37-40-43-46(48)44-41-38-35-32-31-33-36-39-42-45(47)4-2/h1-2,5-6,21-22,27-28,39,42,45,47H,7-20,23-26,29-38H2/b6-5-,22-21-,28-27-,42-39+. The molecule has 0 radical (unpaired) electrons. The summed E-state index contributed by atoms with van der Waals surface area (Å²) in [5.74, 6) is 15.8. The van der Waals surface area contributed by atoms with Gasteiger partial charge in [-0.25, -0.2) is 0 Å². The Morgan fingerprint density at radius 2 is 0.812 bits per heavy atom. The summed E-state index contributed by atoms with van der Waals surface area (Å²) in [5.41, 5.74) is 0. The molecule has 0 aromatic heterocycles. The monoisotopic (exact) mass is 653 g/mol. The van der Waals surface area contributed by atoms with Crippen molar-refractivity contribution >= 4 is 5.78 Å². The number of terminal acetylenes is 2. The van der Waals surface area contributed by atoms with Crippen LogP contribution in [0.2, 0.25) is 0 Å². The average molecular weight is 653 g/mol. The number of hydrogen-bond donors (Lipinski definition) is 1. The minimum atomic E-state index is -0.776. The second-order valence-electron chi connectivity index (χ2n) is 12.8. The first kappa shape index (κ1) is 44.8.